The summed E-state index contributed by atoms with van der Waals surface area (Å²) in [4.78, 5) is 0. The molecule has 0 saturated carbocycles. The van der Waals surface area contributed by atoms with Gasteiger partial charge in [-0.05, 0) is 42.2 Å². The van der Waals surface area contributed by atoms with Crippen LogP contribution in [0.4, 0.5) is 0 Å². The van der Waals surface area contributed by atoms with Crippen molar-refractivity contribution in [2.45, 2.75) is 13.8 Å². The lowest BCUT2D eigenvalue weighted by molar-refractivity contribution is 0.609. The van der Waals surface area contributed by atoms with Gasteiger partial charge in [0.25, 0.3) is 0 Å². The highest BCUT2D eigenvalue weighted by Gasteiger charge is 2.03. The van der Waals surface area contributed by atoms with Crippen molar-refractivity contribution >= 4 is 22.6 Å². The quantitative estimate of drug-likeness (QED) is 0.593. The van der Waals surface area contributed by atoms with Crippen LogP contribution in [0.1, 0.15) is 22.3 Å². The van der Waals surface area contributed by atoms with Crippen molar-refractivity contribution < 1.29 is 4.43 Å². The van der Waals surface area contributed by atoms with E-state index >= 15 is 0 Å². The predicted molar refractivity (Wildman–Crippen MR) is 77.7 cm³/mol. The standard InChI is InChI=1S/C16H15OSi/c1-12-13(2)16(17-18)11-10-15(12)9-8-14-6-4-3-5-7-14/h3-11H,1-2H3. The Balaban J connectivity index is 2.30. The monoisotopic (exact) mass is 251 g/mol. The summed E-state index contributed by atoms with van der Waals surface area (Å²) < 4.78 is 5.13. The van der Waals surface area contributed by atoms with Gasteiger partial charge in [-0.2, -0.15) is 0 Å². The molecule has 18 heavy (non-hydrogen) atoms. The number of rotatable bonds is 3. The molecule has 0 aliphatic rings. The molecule has 89 valence electrons. The van der Waals surface area contributed by atoms with E-state index in [9.17, 15) is 0 Å². The van der Waals surface area contributed by atoms with Crippen LogP contribution in [0.3, 0.4) is 0 Å². The van der Waals surface area contributed by atoms with E-state index in [4.69, 9.17) is 4.43 Å². The molecule has 0 bridgehead atoms. The molecule has 3 radical (unpaired) electrons. The molecular weight excluding hydrogens is 236 g/mol. The summed E-state index contributed by atoms with van der Waals surface area (Å²) in [7, 11) is 3.07. The Morgan fingerprint density at radius 1 is 0.889 bits per heavy atom. The van der Waals surface area contributed by atoms with Crippen LogP contribution in [0, 0.1) is 13.8 Å². The first-order valence-electron chi connectivity index (χ1n) is 5.89. The van der Waals surface area contributed by atoms with E-state index in [2.05, 4.69) is 54.7 Å². The zero-order valence-corrected chi connectivity index (χ0v) is 11.6. The minimum absolute atomic E-state index is 0.862. The van der Waals surface area contributed by atoms with Gasteiger partial charge in [0, 0.05) is 0 Å². The number of benzene rings is 2. The third-order valence-corrected chi connectivity index (χ3v) is 3.36. The van der Waals surface area contributed by atoms with Crippen LogP contribution in [0.25, 0.3) is 12.2 Å². The Hall–Kier alpha value is -1.80. The molecule has 2 rings (SSSR count). The Bertz CT molecular complexity index is 559. The van der Waals surface area contributed by atoms with Gasteiger partial charge in [0.05, 0.1) is 0 Å². The minimum Gasteiger partial charge on any atom is -0.540 e. The molecule has 0 aliphatic carbocycles. The third kappa shape index (κ3) is 2.71. The molecule has 0 spiro atoms. The zero-order chi connectivity index (χ0) is 13.0. The van der Waals surface area contributed by atoms with Crippen molar-refractivity contribution in [1.29, 1.82) is 0 Å². The van der Waals surface area contributed by atoms with Crippen LogP contribution < -0.4 is 4.43 Å². The Morgan fingerprint density at radius 3 is 2.28 bits per heavy atom. The summed E-state index contributed by atoms with van der Waals surface area (Å²) in [6.07, 6.45) is 4.26. The van der Waals surface area contributed by atoms with Crippen LogP contribution in [0.15, 0.2) is 42.5 Å². The summed E-state index contributed by atoms with van der Waals surface area (Å²) in [5.41, 5.74) is 4.80. The van der Waals surface area contributed by atoms with Crippen LogP contribution in [-0.2, 0) is 0 Å². The molecule has 0 N–H and O–H groups in total. The molecule has 2 aromatic rings. The van der Waals surface area contributed by atoms with Gasteiger partial charge in [-0.3, -0.25) is 0 Å². The van der Waals surface area contributed by atoms with Gasteiger partial charge in [0.1, 0.15) is 5.75 Å². The summed E-state index contributed by atoms with van der Waals surface area (Å²) in [5.74, 6) is 0.862. The van der Waals surface area contributed by atoms with E-state index in [1.165, 1.54) is 16.7 Å². The Kier molecular flexibility index (Phi) is 4.00. The van der Waals surface area contributed by atoms with Crippen LogP contribution in [0.5, 0.6) is 5.75 Å². The second-order valence-electron chi connectivity index (χ2n) is 4.25. The van der Waals surface area contributed by atoms with E-state index in [0.717, 1.165) is 11.3 Å². The van der Waals surface area contributed by atoms with E-state index in [1.54, 1.807) is 0 Å². The van der Waals surface area contributed by atoms with Gasteiger partial charge in [-0.25, -0.2) is 0 Å². The first-order valence-corrected chi connectivity index (χ1v) is 6.30. The maximum absolute atomic E-state index is 5.13. The fourth-order valence-corrected chi connectivity index (χ4v) is 2.08. The topological polar surface area (TPSA) is 9.23 Å². The smallest absolute Gasteiger partial charge is 0.341 e. The van der Waals surface area contributed by atoms with Crippen LogP contribution in [0.2, 0.25) is 0 Å². The molecule has 2 aromatic carbocycles. The molecule has 0 atom stereocenters. The van der Waals surface area contributed by atoms with E-state index in [0.29, 0.717) is 0 Å². The predicted octanol–water partition coefficient (Wildman–Crippen LogP) is 3.94. The molecule has 0 aliphatic heterocycles. The van der Waals surface area contributed by atoms with Crippen molar-refractivity contribution in [3.63, 3.8) is 0 Å². The minimum atomic E-state index is 0.862. The summed E-state index contributed by atoms with van der Waals surface area (Å²) >= 11 is 0. The van der Waals surface area contributed by atoms with Crippen molar-refractivity contribution in [3.8, 4) is 5.75 Å². The first-order chi connectivity index (χ1) is 8.72. The van der Waals surface area contributed by atoms with E-state index in [-0.39, 0.29) is 0 Å². The third-order valence-electron chi connectivity index (χ3n) is 3.14. The molecule has 1 nitrogen and oxygen atoms in total. The number of hydrogen-bond donors (Lipinski definition) is 0. The molecule has 0 heterocycles. The first kappa shape index (κ1) is 12.6. The highest BCUT2D eigenvalue weighted by molar-refractivity contribution is 6.00. The average molecular weight is 251 g/mol. The molecular formula is C16H15OSi. The van der Waals surface area contributed by atoms with Crippen LogP contribution >= 0.6 is 0 Å². The SMILES string of the molecule is Cc1c(C=Cc2ccccc2)ccc(O[Si])c1C. The summed E-state index contributed by atoms with van der Waals surface area (Å²) in [6, 6.07) is 14.3. The second-order valence-corrected chi connectivity index (χ2v) is 4.45. The van der Waals surface area contributed by atoms with Crippen molar-refractivity contribution in [2.24, 2.45) is 0 Å². The van der Waals surface area contributed by atoms with E-state index in [1.807, 2.05) is 24.3 Å². The normalized spacial score (nSPS) is 10.8. The maximum atomic E-state index is 5.13. The van der Waals surface area contributed by atoms with Crippen LogP contribution in [-0.4, -0.2) is 10.5 Å². The Labute approximate surface area is 112 Å². The molecule has 0 fully saturated rings. The maximum Gasteiger partial charge on any atom is 0.341 e. The Morgan fingerprint density at radius 2 is 1.61 bits per heavy atom. The van der Waals surface area contributed by atoms with Gasteiger partial charge >= 0.3 is 10.5 Å². The lowest BCUT2D eigenvalue weighted by Crippen LogP contribution is -1.93. The van der Waals surface area contributed by atoms with Gasteiger partial charge in [-0.1, -0.05) is 48.6 Å². The molecule has 2 heteroatoms. The summed E-state index contributed by atoms with van der Waals surface area (Å²) in [6.45, 7) is 4.17. The zero-order valence-electron chi connectivity index (χ0n) is 10.6. The highest BCUT2D eigenvalue weighted by Crippen LogP contribution is 2.25. The van der Waals surface area contributed by atoms with Crippen molar-refractivity contribution in [1.82, 2.24) is 0 Å². The average Bonchev–Trinajstić information content (AvgIpc) is 2.42. The highest BCUT2D eigenvalue weighted by atomic mass is 28.2. The lowest BCUT2D eigenvalue weighted by Gasteiger charge is -2.10. The fourth-order valence-electron chi connectivity index (χ4n) is 1.86. The number of hydrogen-bond acceptors (Lipinski definition) is 1. The van der Waals surface area contributed by atoms with E-state index < -0.39 is 0 Å². The van der Waals surface area contributed by atoms with Crippen molar-refractivity contribution in [3.05, 3.63) is 64.7 Å². The summed E-state index contributed by atoms with van der Waals surface area (Å²) in [5, 5.41) is 0. The lowest BCUT2D eigenvalue weighted by atomic mass is 10.0. The van der Waals surface area contributed by atoms with Crippen molar-refractivity contribution in [2.75, 3.05) is 0 Å². The molecule has 0 aromatic heterocycles. The largest absolute Gasteiger partial charge is 0.540 e. The molecule has 0 amide bonds. The molecule has 0 saturated heterocycles. The van der Waals surface area contributed by atoms with Gasteiger partial charge in [0.2, 0.25) is 0 Å². The van der Waals surface area contributed by atoms with Gasteiger partial charge < -0.3 is 4.43 Å². The second kappa shape index (κ2) is 5.69. The van der Waals surface area contributed by atoms with Gasteiger partial charge in [-0.15, -0.1) is 0 Å². The fraction of sp³-hybridized carbons (Fsp3) is 0.125. The van der Waals surface area contributed by atoms with Gasteiger partial charge in [0.15, 0.2) is 0 Å². The molecule has 0 unspecified atom stereocenters.